The molecule has 0 aliphatic rings. The molecule has 1 N–H and O–H groups in total. The molecule has 0 spiro atoms. The lowest BCUT2D eigenvalue weighted by atomic mass is 10.1. The van der Waals surface area contributed by atoms with Crippen LogP contribution in [0.25, 0.3) is 0 Å². The molecule has 3 rings (SSSR count). The lowest BCUT2D eigenvalue weighted by molar-refractivity contribution is 0.921. The van der Waals surface area contributed by atoms with Gasteiger partial charge in [0.1, 0.15) is 0 Å². The van der Waals surface area contributed by atoms with Gasteiger partial charge in [-0.25, -0.2) is 0 Å². The second-order valence-electron chi connectivity index (χ2n) is 5.75. The van der Waals surface area contributed by atoms with E-state index in [1.165, 1.54) is 24.0 Å². The highest BCUT2D eigenvalue weighted by molar-refractivity contribution is 5.65. The van der Waals surface area contributed by atoms with Crippen molar-refractivity contribution in [3.8, 4) is 0 Å². The van der Waals surface area contributed by atoms with Crippen molar-refractivity contribution in [2.24, 2.45) is 0 Å². The maximum Gasteiger partial charge on any atom is 0.249 e. The van der Waals surface area contributed by atoms with Gasteiger partial charge in [-0.05, 0) is 38.0 Å². The first-order chi connectivity index (χ1) is 11.5. The highest BCUT2D eigenvalue weighted by atomic mass is 16.2. The first kappa shape index (κ1) is 17.6. The van der Waals surface area contributed by atoms with Crippen LogP contribution < -0.4 is 16.2 Å². The van der Waals surface area contributed by atoms with E-state index in [0.717, 1.165) is 5.69 Å². The van der Waals surface area contributed by atoms with Gasteiger partial charge in [0.25, 0.3) is 0 Å². The molecule has 2 aromatic carbocycles. The van der Waals surface area contributed by atoms with Crippen LogP contribution in [0.1, 0.15) is 30.0 Å². The number of hydrogen-bond acceptors (Lipinski definition) is 4. The molecule has 0 atom stereocenters. The third-order valence-electron chi connectivity index (χ3n) is 3.76. The predicted octanol–water partition coefficient (Wildman–Crippen LogP) is 3.68. The van der Waals surface area contributed by atoms with Crippen LogP contribution in [0, 0.1) is 13.8 Å². The topological polar surface area (TPSA) is 59.1 Å². The van der Waals surface area contributed by atoms with E-state index in [1.807, 2.05) is 0 Å². The van der Waals surface area contributed by atoms with Crippen molar-refractivity contribution in [2.45, 2.75) is 33.6 Å². The SMILES string of the molecule is CCCc1ccc(C)cc1.Cc1c(Nc2ccncc2)c(=O)c1=O. The summed E-state index contributed by atoms with van der Waals surface area (Å²) in [5, 5.41) is 2.88. The fourth-order valence-electron chi connectivity index (χ4n) is 2.28. The minimum Gasteiger partial charge on any atom is -0.352 e. The van der Waals surface area contributed by atoms with E-state index in [9.17, 15) is 9.59 Å². The molecule has 0 unspecified atom stereocenters. The van der Waals surface area contributed by atoms with Crippen molar-refractivity contribution in [1.29, 1.82) is 0 Å². The molecule has 1 heterocycles. The Bertz CT molecular complexity index is 846. The van der Waals surface area contributed by atoms with E-state index in [1.54, 1.807) is 31.5 Å². The van der Waals surface area contributed by atoms with E-state index in [4.69, 9.17) is 0 Å². The zero-order valence-corrected chi connectivity index (χ0v) is 14.3. The Hall–Kier alpha value is -2.75. The van der Waals surface area contributed by atoms with Crippen LogP contribution in [0.5, 0.6) is 0 Å². The zero-order chi connectivity index (χ0) is 17.5. The normalized spacial score (nSPS) is 10.1. The average Bonchev–Trinajstić information content (AvgIpc) is 2.62. The highest BCUT2D eigenvalue weighted by Gasteiger charge is 2.16. The molecule has 0 bridgehead atoms. The number of rotatable bonds is 4. The molecule has 0 saturated heterocycles. The Kier molecular flexibility index (Phi) is 6.01. The van der Waals surface area contributed by atoms with Crippen LogP contribution in [-0.4, -0.2) is 4.98 Å². The Balaban J connectivity index is 0.000000185. The summed E-state index contributed by atoms with van der Waals surface area (Å²) in [6.45, 7) is 5.96. The van der Waals surface area contributed by atoms with Crippen LogP contribution in [0.2, 0.25) is 0 Å². The number of nitrogens with zero attached hydrogens (tertiary/aromatic N) is 1. The predicted molar refractivity (Wildman–Crippen MR) is 98.8 cm³/mol. The Labute approximate surface area is 141 Å². The van der Waals surface area contributed by atoms with Gasteiger partial charge in [0, 0.05) is 23.6 Å². The van der Waals surface area contributed by atoms with E-state index < -0.39 is 10.9 Å². The fourth-order valence-corrected chi connectivity index (χ4v) is 2.28. The molecule has 0 aliphatic carbocycles. The standard InChI is InChI=1S/C10H8N2O2.C10H14/c1-6-8(10(14)9(6)13)12-7-2-4-11-5-3-7;1-3-4-10-7-5-9(2)6-8-10/h2-5H,1H3,(H,11,12);5-8H,3-4H2,1-2H3. The molecule has 0 aliphatic heterocycles. The molecular formula is C20H22N2O2. The summed E-state index contributed by atoms with van der Waals surface area (Å²) in [6.07, 6.45) is 5.68. The van der Waals surface area contributed by atoms with Crippen molar-refractivity contribution in [3.63, 3.8) is 0 Å². The first-order valence-electron chi connectivity index (χ1n) is 8.05. The van der Waals surface area contributed by atoms with Crippen LogP contribution in [0.3, 0.4) is 0 Å². The third kappa shape index (κ3) is 4.38. The summed E-state index contributed by atoms with van der Waals surface area (Å²) in [6, 6.07) is 12.2. The van der Waals surface area contributed by atoms with Gasteiger partial charge in [0.15, 0.2) is 0 Å². The van der Waals surface area contributed by atoms with Crippen molar-refractivity contribution in [1.82, 2.24) is 4.98 Å². The van der Waals surface area contributed by atoms with Gasteiger partial charge in [-0.3, -0.25) is 14.6 Å². The lowest BCUT2D eigenvalue weighted by Gasteiger charge is -2.09. The summed E-state index contributed by atoms with van der Waals surface area (Å²) in [4.78, 5) is 25.8. The smallest absolute Gasteiger partial charge is 0.249 e. The van der Waals surface area contributed by atoms with E-state index in [0.29, 0.717) is 11.3 Å². The number of nitrogens with one attached hydrogen (secondary N) is 1. The molecule has 24 heavy (non-hydrogen) atoms. The highest BCUT2D eigenvalue weighted by Crippen LogP contribution is 2.14. The minimum atomic E-state index is -0.445. The van der Waals surface area contributed by atoms with Crippen molar-refractivity contribution >= 4 is 11.4 Å². The van der Waals surface area contributed by atoms with Crippen LogP contribution >= 0.6 is 0 Å². The monoisotopic (exact) mass is 322 g/mol. The summed E-state index contributed by atoms with van der Waals surface area (Å²) >= 11 is 0. The molecule has 4 nitrogen and oxygen atoms in total. The van der Waals surface area contributed by atoms with Gasteiger partial charge in [-0.2, -0.15) is 0 Å². The van der Waals surface area contributed by atoms with Gasteiger partial charge < -0.3 is 5.32 Å². The van der Waals surface area contributed by atoms with E-state index in [2.05, 4.69) is 48.4 Å². The molecule has 4 heteroatoms. The zero-order valence-electron chi connectivity index (χ0n) is 14.3. The molecular weight excluding hydrogens is 300 g/mol. The largest absolute Gasteiger partial charge is 0.352 e. The second-order valence-corrected chi connectivity index (χ2v) is 5.75. The minimum absolute atomic E-state index is 0.390. The van der Waals surface area contributed by atoms with Gasteiger partial charge in [0.05, 0.1) is 5.69 Å². The van der Waals surface area contributed by atoms with Gasteiger partial charge in [-0.1, -0.05) is 43.2 Å². The molecule has 0 fully saturated rings. The summed E-state index contributed by atoms with van der Waals surface area (Å²) < 4.78 is 0. The van der Waals surface area contributed by atoms with Crippen molar-refractivity contribution in [2.75, 3.05) is 5.32 Å². The van der Waals surface area contributed by atoms with Gasteiger partial charge in [0.2, 0.25) is 10.9 Å². The number of aromatic nitrogens is 1. The van der Waals surface area contributed by atoms with Crippen LogP contribution in [0.15, 0.2) is 58.4 Å². The number of benzene rings is 1. The molecule has 1 aromatic heterocycles. The van der Waals surface area contributed by atoms with Crippen molar-refractivity contribution < 1.29 is 0 Å². The summed E-state index contributed by atoms with van der Waals surface area (Å²) in [7, 11) is 0. The number of anilines is 2. The number of pyridine rings is 1. The molecule has 0 saturated carbocycles. The maximum atomic E-state index is 11.1. The fraction of sp³-hybridized carbons (Fsp3) is 0.250. The third-order valence-corrected chi connectivity index (χ3v) is 3.76. The second kappa shape index (κ2) is 8.20. The van der Waals surface area contributed by atoms with Crippen molar-refractivity contribution in [3.05, 3.63) is 85.9 Å². The Morgan fingerprint density at radius 1 is 0.917 bits per heavy atom. The Morgan fingerprint density at radius 2 is 1.54 bits per heavy atom. The molecule has 3 aromatic rings. The summed E-state index contributed by atoms with van der Waals surface area (Å²) in [5.74, 6) is 0. The van der Waals surface area contributed by atoms with E-state index in [-0.39, 0.29) is 0 Å². The lowest BCUT2D eigenvalue weighted by Crippen LogP contribution is -2.35. The van der Waals surface area contributed by atoms with E-state index >= 15 is 0 Å². The summed E-state index contributed by atoms with van der Waals surface area (Å²) in [5.41, 5.74) is 3.59. The van der Waals surface area contributed by atoms with Crippen LogP contribution in [-0.2, 0) is 6.42 Å². The number of aryl methyl sites for hydroxylation is 2. The molecule has 0 amide bonds. The molecule has 0 radical (unpaired) electrons. The maximum absolute atomic E-state index is 11.1. The van der Waals surface area contributed by atoms with Gasteiger partial charge >= 0.3 is 0 Å². The van der Waals surface area contributed by atoms with Crippen LogP contribution in [0.4, 0.5) is 11.4 Å². The molecule has 124 valence electrons. The van der Waals surface area contributed by atoms with Gasteiger partial charge in [-0.15, -0.1) is 0 Å². The average molecular weight is 322 g/mol. The first-order valence-corrected chi connectivity index (χ1v) is 8.05. The number of hydrogen-bond donors (Lipinski definition) is 1. The quantitative estimate of drug-likeness (QED) is 0.745. The Morgan fingerprint density at radius 3 is 2.08 bits per heavy atom.